The highest BCUT2D eigenvalue weighted by atomic mass is 35.5. The summed E-state index contributed by atoms with van der Waals surface area (Å²) in [5.74, 6) is 0.0344. The molecule has 4 aromatic rings. The summed E-state index contributed by atoms with van der Waals surface area (Å²) in [6.45, 7) is 0. The Morgan fingerprint density at radius 1 is 1.08 bits per heavy atom. The number of imidazole rings is 1. The third-order valence-corrected chi connectivity index (χ3v) is 5.59. The number of thioether (sulfide) groups is 1. The van der Waals surface area contributed by atoms with Gasteiger partial charge >= 0.3 is 0 Å². The largest absolute Gasteiger partial charge is 0.333 e. The van der Waals surface area contributed by atoms with Crippen molar-refractivity contribution in [2.24, 2.45) is 0 Å². The molecule has 130 valence electrons. The first kappa shape index (κ1) is 17.2. The number of halogens is 2. The molecule has 0 fully saturated rings. The quantitative estimate of drug-likeness (QED) is 0.427. The first-order valence-electron chi connectivity index (χ1n) is 7.85. The van der Waals surface area contributed by atoms with E-state index in [1.165, 1.54) is 11.8 Å². The number of rotatable bonds is 4. The Hall–Kier alpha value is -2.21. The summed E-state index contributed by atoms with van der Waals surface area (Å²) >= 11 is 13.4. The normalized spacial score (nSPS) is 11.2. The van der Waals surface area contributed by atoms with Gasteiger partial charge in [0.2, 0.25) is 5.91 Å². The number of amides is 1. The Morgan fingerprint density at radius 2 is 1.85 bits per heavy atom. The van der Waals surface area contributed by atoms with Crippen molar-refractivity contribution in [3.05, 3.63) is 64.6 Å². The van der Waals surface area contributed by atoms with Crippen LogP contribution in [0.2, 0.25) is 10.0 Å². The van der Waals surface area contributed by atoms with Gasteiger partial charge in [-0.05, 0) is 35.0 Å². The zero-order chi connectivity index (χ0) is 18.1. The number of hydrogen-bond acceptors (Lipinski definition) is 3. The smallest absolute Gasteiger partial charge is 0.234 e. The second-order valence-electron chi connectivity index (χ2n) is 5.70. The molecule has 0 atom stereocenters. The minimum absolute atomic E-state index is 0.176. The van der Waals surface area contributed by atoms with Gasteiger partial charge in [-0.2, -0.15) is 0 Å². The second kappa shape index (κ2) is 7.19. The summed E-state index contributed by atoms with van der Waals surface area (Å²) in [5, 5.41) is 6.48. The number of carbonyl (C=O) groups excluding carboxylic acids is 1. The molecule has 7 heteroatoms. The number of aromatic amines is 1. The van der Waals surface area contributed by atoms with E-state index in [1.54, 1.807) is 18.2 Å². The Morgan fingerprint density at radius 3 is 2.65 bits per heavy atom. The number of benzene rings is 3. The third-order valence-electron chi connectivity index (χ3n) is 3.89. The van der Waals surface area contributed by atoms with Crippen LogP contribution in [0.5, 0.6) is 0 Å². The minimum atomic E-state index is -0.176. The van der Waals surface area contributed by atoms with Crippen LogP contribution in [0.25, 0.3) is 21.8 Å². The van der Waals surface area contributed by atoms with E-state index >= 15 is 0 Å². The number of hydrogen-bond donors (Lipinski definition) is 2. The molecule has 1 aromatic heterocycles. The van der Waals surface area contributed by atoms with Crippen LogP contribution in [0, 0.1) is 0 Å². The number of fused-ring (bicyclic) bond motifs is 2. The number of H-pyrrole nitrogens is 1. The number of nitrogens with one attached hydrogen (secondary N) is 2. The fourth-order valence-electron chi connectivity index (χ4n) is 2.66. The first-order valence-corrected chi connectivity index (χ1v) is 9.59. The molecule has 0 aliphatic carbocycles. The third kappa shape index (κ3) is 3.51. The van der Waals surface area contributed by atoms with Crippen LogP contribution in [0.3, 0.4) is 0 Å². The molecule has 1 heterocycles. The molecule has 0 aliphatic heterocycles. The van der Waals surface area contributed by atoms with Crippen molar-refractivity contribution in [1.29, 1.82) is 0 Å². The zero-order valence-corrected chi connectivity index (χ0v) is 15.8. The molecule has 1 amide bonds. The monoisotopic (exact) mass is 401 g/mol. The maximum absolute atomic E-state index is 12.2. The van der Waals surface area contributed by atoms with E-state index < -0.39 is 0 Å². The van der Waals surface area contributed by atoms with Crippen LogP contribution in [0.15, 0.2) is 59.8 Å². The minimum Gasteiger partial charge on any atom is -0.333 e. The van der Waals surface area contributed by atoms with E-state index in [-0.39, 0.29) is 11.7 Å². The molecule has 0 unspecified atom stereocenters. The molecule has 4 nitrogen and oxygen atoms in total. The maximum Gasteiger partial charge on any atom is 0.234 e. The standard InChI is InChI=1S/C19H13Cl2N3OS/c20-13-6-3-7-14(18(13)21)22-17(25)10-26-19-23-15-8-11-4-1-2-5-12(11)9-16(15)24-19/h1-9H,10H2,(H,22,25)(H,23,24). The Labute approximate surface area is 163 Å². The number of carbonyl (C=O) groups is 1. The van der Waals surface area contributed by atoms with E-state index in [2.05, 4.69) is 33.5 Å². The Balaban J connectivity index is 1.48. The Bertz CT molecular complexity index is 1070. The van der Waals surface area contributed by atoms with Crippen LogP contribution < -0.4 is 5.32 Å². The molecule has 2 N–H and O–H groups in total. The predicted octanol–water partition coefficient (Wildman–Crippen LogP) is 5.75. The van der Waals surface area contributed by atoms with Gasteiger partial charge in [-0.1, -0.05) is 65.3 Å². The van der Waals surface area contributed by atoms with Crippen molar-refractivity contribution in [2.75, 3.05) is 11.1 Å². The van der Waals surface area contributed by atoms with Crippen LogP contribution >= 0.6 is 35.0 Å². The summed E-state index contributed by atoms with van der Waals surface area (Å²) in [4.78, 5) is 20.0. The lowest BCUT2D eigenvalue weighted by molar-refractivity contribution is -0.113. The average molecular weight is 402 g/mol. The average Bonchev–Trinajstić information content (AvgIpc) is 3.03. The lowest BCUT2D eigenvalue weighted by Crippen LogP contribution is -2.14. The lowest BCUT2D eigenvalue weighted by atomic mass is 10.1. The van der Waals surface area contributed by atoms with E-state index in [4.69, 9.17) is 23.2 Å². The van der Waals surface area contributed by atoms with E-state index in [9.17, 15) is 4.79 Å². The first-order chi connectivity index (χ1) is 12.6. The van der Waals surface area contributed by atoms with Crippen LogP contribution in [-0.2, 0) is 4.79 Å². The molecule has 3 aromatic carbocycles. The summed E-state index contributed by atoms with van der Waals surface area (Å²) in [6.07, 6.45) is 0. The van der Waals surface area contributed by atoms with Gasteiger partial charge in [0.05, 0.1) is 32.5 Å². The van der Waals surface area contributed by atoms with Crippen LogP contribution in [-0.4, -0.2) is 21.6 Å². The number of anilines is 1. The molecule has 0 bridgehead atoms. The number of nitrogens with zero attached hydrogens (tertiary/aromatic N) is 1. The fourth-order valence-corrected chi connectivity index (χ4v) is 3.70. The summed E-state index contributed by atoms with van der Waals surface area (Å²) < 4.78 is 0. The summed E-state index contributed by atoms with van der Waals surface area (Å²) in [5.41, 5.74) is 2.33. The topological polar surface area (TPSA) is 57.8 Å². The molecule has 4 rings (SSSR count). The highest BCUT2D eigenvalue weighted by Crippen LogP contribution is 2.30. The van der Waals surface area contributed by atoms with Gasteiger partial charge in [-0.15, -0.1) is 0 Å². The van der Waals surface area contributed by atoms with Gasteiger partial charge in [0.1, 0.15) is 0 Å². The van der Waals surface area contributed by atoms with Gasteiger partial charge in [0, 0.05) is 0 Å². The van der Waals surface area contributed by atoms with E-state index in [0.29, 0.717) is 20.9 Å². The van der Waals surface area contributed by atoms with E-state index in [1.807, 2.05) is 18.2 Å². The molecule has 0 saturated heterocycles. The van der Waals surface area contributed by atoms with Crippen molar-refractivity contribution in [3.63, 3.8) is 0 Å². The number of aromatic nitrogens is 2. The maximum atomic E-state index is 12.2. The molecule has 0 saturated carbocycles. The van der Waals surface area contributed by atoms with Crippen LogP contribution in [0.1, 0.15) is 0 Å². The fraction of sp³-hybridized carbons (Fsp3) is 0.0526. The molecule has 0 radical (unpaired) electrons. The predicted molar refractivity (Wildman–Crippen MR) is 109 cm³/mol. The summed E-state index contributed by atoms with van der Waals surface area (Å²) in [7, 11) is 0. The lowest BCUT2D eigenvalue weighted by Gasteiger charge is -2.07. The van der Waals surface area contributed by atoms with Gasteiger partial charge in [-0.3, -0.25) is 4.79 Å². The summed E-state index contributed by atoms with van der Waals surface area (Å²) in [6, 6.07) is 17.3. The van der Waals surface area contributed by atoms with E-state index in [0.717, 1.165) is 21.8 Å². The highest BCUT2D eigenvalue weighted by molar-refractivity contribution is 7.99. The van der Waals surface area contributed by atoms with Crippen LogP contribution in [0.4, 0.5) is 5.69 Å². The van der Waals surface area contributed by atoms with Crippen molar-refractivity contribution in [2.45, 2.75) is 5.16 Å². The molecule has 26 heavy (non-hydrogen) atoms. The van der Waals surface area contributed by atoms with Crippen molar-refractivity contribution >= 4 is 68.4 Å². The molecule has 0 aliphatic rings. The molecular formula is C19H13Cl2N3OS. The van der Waals surface area contributed by atoms with Crippen molar-refractivity contribution < 1.29 is 4.79 Å². The SMILES string of the molecule is O=C(CSc1nc2cc3ccccc3cc2[nH]1)Nc1cccc(Cl)c1Cl. The van der Waals surface area contributed by atoms with Crippen molar-refractivity contribution in [1.82, 2.24) is 9.97 Å². The van der Waals surface area contributed by atoms with Gasteiger partial charge in [0.25, 0.3) is 0 Å². The Kier molecular flexibility index (Phi) is 4.76. The van der Waals surface area contributed by atoms with Crippen molar-refractivity contribution in [3.8, 4) is 0 Å². The second-order valence-corrected chi connectivity index (χ2v) is 7.45. The zero-order valence-electron chi connectivity index (χ0n) is 13.4. The van der Waals surface area contributed by atoms with Gasteiger partial charge in [-0.25, -0.2) is 4.98 Å². The highest BCUT2D eigenvalue weighted by Gasteiger charge is 2.11. The molecule has 0 spiro atoms. The molecular weight excluding hydrogens is 389 g/mol. The van der Waals surface area contributed by atoms with Gasteiger partial charge in [0.15, 0.2) is 5.16 Å². The van der Waals surface area contributed by atoms with Gasteiger partial charge < -0.3 is 10.3 Å².